The van der Waals surface area contributed by atoms with Crippen LogP contribution in [0.15, 0.2) is 0 Å². The highest BCUT2D eigenvalue weighted by Gasteiger charge is 2.28. The molecule has 0 aliphatic heterocycles. The van der Waals surface area contributed by atoms with Crippen molar-refractivity contribution in [3.8, 4) is 0 Å². The van der Waals surface area contributed by atoms with Crippen molar-refractivity contribution in [1.82, 2.24) is 10.6 Å². The molecule has 0 aromatic carbocycles. The highest BCUT2D eigenvalue weighted by atomic mass is 16.2. The van der Waals surface area contributed by atoms with Crippen molar-refractivity contribution in [3.63, 3.8) is 0 Å². The Kier molecular flexibility index (Phi) is 5.40. The molecule has 2 amide bonds. The quantitative estimate of drug-likeness (QED) is 0.649. The maximum atomic E-state index is 11.9. The minimum Gasteiger partial charge on any atom is -0.354 e. The first-order valence-electron chi connectivity index (χ1n) is 7.89. The summed E-state index contributed by atoms with van der Waals surface area (Å²) in [5.74, 6) is 0.830. The molecule has 0 saturated heterocycles. The Morgan fingerprint density at radius 1 is 1.20 bits per heavy atom. The van der Waals surface area contributed by atoms with E-state index < -0.39 is 0 Å². The molecule has 2 aliphatic carbocycles. The van der Waals surface area contributed by atoms with Gasteiger partial charge < -0.3 is 16.4 Å². The zero-order valence-electron chi connectivity index (χ0n) is 12.4. The van der Waals surface area contributed by atoms with Gasteiger partial charge in [-0.1, -0.05) is 12.8 Å². The number of carbonyl (C=O) groups excluding carboxylic acids is 2. The molecule has 2 rings (SSSR count). The third-order valence-electron chi connectivity index (χ3n) is 4.37. The fraction of sp³-hybridized carbons (Fsp3) is 0.867. The third kappa shape index (κ3) is 4.78. The van der Waals surface area contributed by atoms with Gasteiger partial charge in [-0.25, -0.2) is 0 Å². The number of carbonyl (C=O) groups is 2. The van der Waals surface area contributed by atoms with E-state index in [4.69, 9.17) is 5.73 Å². The molecule has 2 atom stereocenters. The minimum absolute atomic E-state index is 0.0275. The molecule has 5 nitrogen and oxygen atoms in total. The predicted molar refractivity (Wildman–Crippen MR) is 77.9 cm³/mol. The lowest BCUT2D eigenvalue weighted by Crippen LogP contribution is -2.42. The van der Waals surface area contributed by atoms with Crippen LogP contribution in [0.2, 0.25) is 0 Å². The van der Waals surface area contributed by atoms with Crippen molar-refractivity contribution >= 4 is 11.8 Å². The molecule has 2 unspecified atom stereocenters. The Morgan fingerprint density at radius 3 is 2.45 bits per heavy atom. The summed E-state index contributed by atoms with van der Waals surface area (Å²) >= 11 is 0. The summed E-state index contributed by atoms with van der Waals surface area (Å²) in [4.78, 5) is 23.7. The Morgan fingerprint density at radius 2 is 1.85 bits per heavy atom. The smallest absolute Gasteiger partial charge is 0.223 e. The van der Waals surface area contributed by atoms with Gasteiger partial charge in [-0.05, 0) is 38.5 Å². The maximum absolute atomic E-state index is 11.9. The van der Waals surface area contributed by atoms with Gasteiger partial charge in [-0.15, -0.1) is 0 Å². The lowest BCUT2D eigenvalue weighted by atomic mass is 10.1. The number of hydrogen-bond acceptors (Lipinski definition) is 3. The Bertz CT molecular complexity index is 349. The van der Waals surface area contributed by atoms with Crippen molar-refractivity contribution in [2.24, 2.45) is 17.6 Å². The molecule has 5 heteroatoms. The van der Waals surface area contributed by atoms with Crippen LogP contribution in [-0.4, -0.2) is 30.4 Å². The molecule has 2 aliphatic rings. The lowest BCUT2D eigenvalue weighted by Gasteiger charge is -2.17. The second-order valence-electron chi connectivity index (χ2n) is 6.40. The van der Waals surface area contributed by atoms with E-state index in [0.717, 1.165) is 25.7 Å². The number of nitrogens with one attached hydrogen (secondary N) is 2. The Labute approximate surface area is 121 Å². The van der Waals surface area contributed by atoms with Crippen LogP contribution in [0, 0.1) is 11.8 Å². The monoisotopic (exact) mass is 281 g/mol. The molecule has 20 heavy (non-hydrogen) atoms. The van der Waals surface area contributed by atoms with Crippen molar-refractivity contribution in [2.75, 3.05) is 6.54 Å². The van der Waals surface area contributed by atoms with Crippen LogP contribution in [0.1, 0.15) is 51.9 Å². The van der Waals surface area contributed by atoms with E-state index in [9.17, 15) is 9.59 Å². The average Bonchev–Trinajstić information content (AvgIpc) is 3.10. The molecule has 2 fully saturated rings. The molecule has 4 N–H and O–H groups in total. The first-order valence-corrected chi connectivity index (χ1v) is 7.89. The fourth-order valence-electron chi connectivity index (χ4n) is 2.87. The number of rotatable bonds is 7. The van der Waals surface area contributed by atoms with E-state index in [1.165, 1.54) is 12.8 Å². The predicted octanol–water partition coefficient (Wildman–Crippen LogP) is 0.925. The van der Waals surface area contributed by atoms with Gasteiger partial charge in [0.25, 0.3) is 0 Å². The highest BCUT2D eigenvalue weighted by molar-refractivity contribution is 5.81. The van der Waals surface area contributed by atoms with Gasteiger partial charge in [-0.3, -0.25) is 9.59 Å². The molecule has 2 saturated carbocycles. The Hall–Kier alpha value is -1.10. The van der Waals surface area contributed by atoms with E-state index in [1.807, 2.05) is 6.92 Å². The van der Waals surface area contributed by atoms with Crippen LogP contribution in [0.4, 0.5) is 0 Å². The van der Waals surface area contributed by atoms with Gasteiger partial charge >= 0.3 is 0 Å². The molecule has 0 bridgehead atoms. The zero-order chi connectivity index (χ0) is 14.5. The minimum atomic E-state index is -0.111. The van der Waals surface area contributed by atoms with Gasteiger partial charge in [0.05, 0.1) is 0 Å². The van der Waals surface area contributed by atoms with E-state index in [1.54, 1.807) is 0 Å². The second kappa shape index (κ2) is 7.07. The van der Waals surface area contributed by atoms with Crippen molar-refractivity contribution < 1.29 is 9.59 Å². The van der Waals surface area contributed by atoms with Crippen molar-refractivity contribution in [1.29, 1.82) is 0 Å². The summed E-state index contributed by atoms with van der Waals surface area (Å²) in [6.07, 6.45) is 6.96. The maximum Gasteiger partial charge on any atom is 0.223 e. The summed E-state index contributed by atoms with van der Waals surface area (Å²) in [6, 6.07) is -0.0254. The van der Waals surface area contributed by atoms with Crippen LogP contribution in [0.3, 0.4) is 0 Å². The molecule has 114 valence electrons. The largest absolute Gasteiger partial charge is 0.354 e. The third-order valence-corrected chi connectivity index (χ3v) is 4.37. The zero-order valence-corrected chi connectivity index (χ0v) is 12.4. The SMILES string of the molecule is CC(CC(=O)NCC(N)C1CC1)NC(=O)C1CCCC1. The van der Waals surface area contributed by atoms with Gasteiger partial charge in [0.2, 0.25) is 11.8 Å². The van der Waals surface area contributed by atoms with E-state index in [-0.39, 0.29) is 29.8 Å². The topological polar surface area (TPSA) is 84.2 Å². The first-order chi connectivity index (χ1) is 9.56. The van der Waals surface area contributed by atoms with Crippen LogP contribution < -0.4 is 16.4 Å². The molecule has 0 heterocycles. The number of amides is 2. The summed E-state index contributed by atoms with van der Waals surface area (Å²) < 4.78 is 0. The van der Waals surface area contributed by atoms with E-state index in [0.29, 0.717) is 18.9 Å². The van der Waals surface area contributed by atoms with Gasteiger partial charge in [0.1, 0.15) is 0 Å². The molecule has 0 spiro atoms. The standard InChI is InChI=1S/C15H27N3O2/c1-10(18-15(20)12-4-2-3-5-12)8-14(19)17-9-13(16)11-6-7-11/h10-13H,2-9,16H2,1H3,(H,17,19)(H,18,20). The summed E-state index contributed by atoms with van der Waals surface area (Å²) in [5, 5.41) is 5.81. The van der Waals surface area contributed by atoms with Crippen LogP contribution in [0.25, 0.3) is 0 Å². The summed E-state index contributed by atoms with van der Waals surface area (Å²) in [6.45, 7) is 2.43. The highest BCUT2D eigenvalue weighted by Crippen LogP contribution is 2.31. The summed E-state index contributed by atoms with van der Waals surface area (Å²) in [7, 11) is 0. The van der Waals surface area contributed by atoms with E-state index >= 15 is 0 Å². The van der Waals surface area contributed by atoms with Crippen LogP contribution in [-0.2, 0) is 9.59 Å². The number of hydrogen-bond donors (Lipinski definition) is 3. The molecular weight excluding hydrogens is 254 g/mol. The fourth-order valence-corrected chi connectivity index (χ4v) is 2.87. The second-order valence-corrected chi connectivity index (χ2v) is 6.40. The summed E-state index contributed by atoms with van der Waals surface area (Å²) in [5.41, 5.74) is 5.94. The van der Waals surface area contributed by atoms with Crippen LogP contribution in [0.5, 0.6) is 0 Å². The van der Waals surface area contributed by atoms with Gasteiger partial charge in [0.15, 0.2) is 0 Å². The van der Waals surface area contributed by atoms with E-state index in [2.05, 4.69) is 10.6 Å². The van der Waals surface area contributed by atoms with Crippen molar-refractivity contribution in [3.05, 3.63) is 0 Å². The molecule has 0 aromatic rings. The average molecular weight is 281 g/mol. The van der Waals surface area contributed by atoms with Gasteiger partial charge in [-0.2, -0.15) is 0 Å². The van der Waals surface area contributed by atoms with Crippen molar-refractivity contribution in [2.45, 2.75) is 64.0 Å². The Balaban J connectivity index is 1.61. The normalized spacial score (nSPS) is 22.3. The van der Waals surface area contributed by atoms with Crippen LogP contribution >= 0.6 is 0 Å². The lowest BCUT2D eigenvalue weighted by molar-refractivity contribution is -0.126. The first kappa shape index (κ1) is 15.3. The number of nitrogens with two attached hydrogens (primary N) is 1. The van der Waals surface area contributed by atoms with Gasteiger partial charge in [0, 0.05) is 31.0 Å². The molecule has 0 radical (unpaired) electrons. The molecule has 0 aromatic heterocycles. The molecular formula is C15H27N3O2.